The highest BCUT2D eigenvalue weighted by atomic mass is 19.1. The molecule has 1 aromatic carbocycles. The Kier molecular flexibility index (Phi) is 5.31. The first kappa shape index (κ1) is 20.3. The molecule has 31 heavy (non-hydrogen) atoms. The van der Waals surface area contributed by atoms with Gasteiger partial charge < -0.3 is 9.72 Å². The van der Waals surface area contributed by atoms with Crippen LogP contribution in [-0.2, 0) is 11.3 Å². The molecule has 9 heteroatoms. The molecule has 2 aromatic heterocycles. The van der Waals surface area contributed by atoms with Gasteiger partial charge in [-0.3, -0.25) is 9.69 Å². The van der Waals surface area contributed by atoms with Crippen molar-refractivity contribution in [3.05, 3.63) is 63.6 Å². The fraction of sp³-hybridized carbons (Fsp3) is 0.500. The van der Waals surface area contributed by atoms with E-state index in [-0.39, 0.29) is 23.3 Å². The van der Waals surface area contributed by atoms with Gasteiger partial charge in [0.1, 0.15) is 23.3 Å². The Morgan fingerprint density at radius 2 is 2.03 bits per heavy atom. The molecule has 0 spiro atoms. The number of aromatic nitrogens is 4. The van der Waals surface area contributed by atoms with E-state index in [0.29, 0.717) is 43.2 Å². The Labute approximate surface area is 178 Å². The molecule has 2 atom stereocenters. The number of nitrogens with one attached hydrogen (secondary N) is 1. The zero-order valence-electron chi connectivity index (χ0n) is 17.4. The molecule has 0 radical (unpaired) electrons. The van der Waals surface area contributed by atoms with Crippen LogP contribution in [0.5, 0.6) is 0 Å². The highest BCUT2D eigenvalue weighted by Crippen LogP contribution is 2.32. The highest BCUT2D eigenvalue weighted by Gasteiger charge is 2.34. The number of hydrogen-bond acceptors (Lipinski definition) is 5. The second kappa shape index (κ2) is 8.12. The largest absolute Gasteiger partial charge is 0.381 e. The maximum Gasteiger partial charge on any atom is 0.276 e. The van der Waals surface area contributed by atoms with E-state index in [1.807, 2.05) is 0 Å². The van der Waals surface area contributed by atoms with Crippen LogP contribution in [0.25, 0.3) is 5.52 Å². The summed E-state index contributed by atoms with van der Waals surface area (Å²) in [5.74, 6) is 0.759. The van der Waals surface area contributed by atoms with Crippen LogP contribution < -0.4 is 5.56 Å². The minimum atomic E-state index is -0.579. The van der Waals surface area contributed by atoms with Crippen molar-refractivity contribution in [3.8, 4) is 0 Å². The van der Waals surface area contributed by atoms with E-state index in [0.717, 1.165) is 31.3 Å². The smallest absolute Gasteiger partial charge is 0.276 e. The van der Waals surface area contributed by atoms with Crippen molar-refractivity contribution in [2.24, 2.45) is 5.92 Å². The Bertz CT molecular complexity index is 1150. The summed E-state index contributed by atoms with van der Waals surface area (Å²) in [4.78, 5) is 22.3. The number of imidazole rings is 1. The molecule has 0 saturated carbocycles. The molecule has 7 nitrogen and oxygen atoms in total. The first-order valence-corrected chi connectivity index (χ1v) is 10.7. The quantitative estimate of drug-likeness (QED) is 0.690. The van der Waals surface area contributed by atoms with Gasteiger partial charge in [-0.2, -0.15) is 5.10 Å². The summed E-state index contributed by atoms with van der Waals surface area (Å²) >= 11 is 0. The Morgan fingerprint density at radius 3 is 2.81 bits per heavy atom. The van der Waals surface area contributed by atoms with Crippen LogP contribution in [0.1, 0.15) is 48.8 Å². The molecule has 0 aliphatic carbocycles. The lowest BCUT2D eigenvalue weighted by molar-refractivity contribution is 0.0832. The maximum atomic E-state index is 14.1. The van der Waals surface area contributed by atoms with Crippen LogP contribution in [0.3, 0.4) is 0 Å². The molecule has 164 valence electrons. The Morgan fingerprint density at radius 1 is 1.23 bits per heavy atom. The van der Waals surface area contributed by atoms with Gasteiger partial charge in [0.25, 0.3) is 5.56 Å². The molecular weight excluding hydrogens is 404 g/mol. The lowest BCUT2D eigenvalue weighted by Gasteiger charge is -2.21. The predicted molar refractivity (Wildman–Crippen MR) is 110 cm³/mol. The van der Waals surface area contributed by atoms with E-state index in [1.54, 1.807) is 10.7 Å². The average Bonchev–Trinajstić information content (AvgIpc) is 3.34. The van der Waals surface area contributed by atoms with Crippen LogP contribution in [0.15, 0.2) is 29.2 Å². The summed E-state index contributed by atoms with van der Waals surface area (Å²) in [6.45, 7) is 5.23. The average molecular weight is 429 g/mol. The normalized spacial score (nSPS) is 23.1. The number of aromatic amines is 1. The maximum absolute atomic E-state index is 14.1. The summed E-state index contributed by atoms with van der Waals surface area (Å²) in [6.07, 6.45) is 3.31. The molecule has 2 fully saturated rings. The molecule has 2 saturated heterocycles. The van der Waals surface area contributed by atoms with Gasteiger partial charge in [0, 0.05) is 56.3 Å². The van der Waals surface area contributed by atoms with Crippen LogP contribution >= 0.6 is 0 Å². The molecular formula is C22H25F2N5O2. The van der Waals surface area contributed by atoms with E-state index in [1.165, 1.54) is 12.1 Å². The van der Waals surface area contributed by atoms with E-state index in [4.69, 9.17) is 9.84 Å². The van der Waals surface area contributed by atoms with Crippen molar-refractivity contribution in [2.45, 2.75) is 38.1 Å². The van der Waals surface area contributed by atoms with Gasteiger partial charge in [-0.25, -0.2) is 18.3 Å². The molecule has 0 amide bonds. The summed E-state index contributed by atoms with van der Waals surface area (Å²) in [5, 5.41) is 4.78. The molecule has 5 rings (SSSR count). The SMILES string of the molecule is CC1CN(Cc2ccc(F)cc2F)C[C@H]1c1nn2c(C3CCOCC3)ncc2c(=O)[nH]1. The molecule has 0 bridgehead atoms. The molecule has 1 N–H and O–H groups in total. The monoisotopic (exact) mass is 429 g/mol. The fourth-order valence-electron chi connectivity index (χ4n) is 4.78. The first-order chi connectivity index (χ1) is 15.0. The van der Waals surface area contributed by atoms with Crippen LogP contribution in [0, 0.1) is 17.6 Å². The Balaban J connectivity index is 1.41. The number of hydrogen-bond donors (Lipinski definition) is 1. The van der Waals surface area contributed by atoms with Gasteiger partial charge >= 0.3 is 0 Å². The lowest BCUT2D eigenvalue weighted by Crippen LogP contribution is -2.24. The van der Waals surface area contributed by atoms with Crippen molar-refractivity contribution in [1.82, 2.24) is 24.5 Å². The van der Waals surface area contributed by atoms with Crippen molar-refractivity contribution in [1.29, 1.82) is 0 Å². The minimum Gasteiger partial charge on any atom is -0.381 e. The number of fused-ring (bicyclic) bond motifs is 1. The summed E-state index contributed by atoms with van der Waals surface area (Å²) < 4.78 is 34.4. The topological polar surface area (TPSA) is 75.5 Å². The van der Waals surface area contributed by atoms with Crippen LogP contribution in [0.4, 0.5) is 8.78 Å². The third-order valence-corrected chi connectivity index (χ3v) is 6.48. The molecule has 2 aliphatic rings. The minimum absolute atomic E-state index is 0.00514. The van der Waals surface area contributed by atoms with Crippen LogP contribution in [0.2, 0.25) is 0 Å². The number of ether oxygens (including phenoxy) is 1. The van der Waals surface area contributed by atoms with E-state index < -0.39 is 11.6 Å². The second-order valence-corrected chi connectivity index (χ2v) is 8.65. The second-order valence-electron chi connectivity index (χ2n) is 8.65. The number of H-pyrrole nitrogens is 1. The van der Waals surface area contributed by atoms with Gasteiger partial charge in [0.05, 0.1) is 6.20 Å². The van der Waals surface area contributed by atoms with Gasteiger partial charge in [0.2, 0.25) is 0 Å². The van der Waals surface area contributed by atoms with E-state index in [2.05, 4.69) is 21.8 Å². The van der Waals surface area contributed by atoms with Crippen LogP contribution in [-0.4, -0.2) is 50.8 Å². The van der Waals surface area contributed by atoms with Gasteiger partial charge in [0.15, 0.2) is 5.52 Å². The van der Waals surface area contributed by atoms with Crippen molar-refractivity contribution in [3.63, 3.8) is 0 Å². The fourth-order valence-corrected chi connectivity index (χ4v) is 4.78. The molecule has 2 aliphatic heterocycles. The number of rotatable bonds is 4. The third kappa shape index (κ3) is 3.87. The zero-order valence-corrected chi connectivity index (χ0v) is 17.4. The number of likely N-dealkylation sites (tertiary alicyclic amines) is 1. The van der Waals surface area contributed by atoms with Gasteiger partial charge in [-0.15, -0.1) is 0 Å². The summed E-state index contributed by atoms with van der Waals surface area (Å²) in [6, 6.07) is 3.68. The molecule has 3 aromatic rings. The summed E-state index contributed by atoms with van der Waals surface area (Å²) in [5.41, 5.74) is 0.703. The standard InChI is InChI=1S/C22H25F2N5O2/c1-13-10-28(11-15-2-3-16(23)8-18(15)24)12-17(13)20-26-22(30)19-9-25-21(29(19)27-20)14-4-6-31-7-5-14/h2-3,8-9,13-14,17H,4-7,10-12H2,1H3,(H,26,27,30)/t13?,17-/m1/s1. The first-order valence-electron chi connectivity index (χ1n) is 10.7. The Hall–Kier alpha value is -2.65. The molecule has 4 heterocycles. The van der Waals surface area contributed by atoms with Crippen molar-refractivity contribution < 1.29 is 13.5 Å². The highest BCUT2D eigenvalue weighted by molar-refractivity contribution is 5.42. The number of halogens is 2. The zero-order chi connectivity index (χ0) is 21.5. The number of nitrogens with zero attached hydrogens (tertiary/aromatic N) is 4. The predicted octanol–water partition coefficient (Wildman–Crippen LogP) is 2.83. The van der Waals surface area contributed by atoms with E-state index in [9.17, 15) is 13.6 Å². The van der Waals surface area contributed by atoms with Crippen molar-refractivity contribution in [2.75, 3.05) is 26.3 Å². The molecule has 1 unspecified atom stereocenters. The van der Waals surface area contributed by atoms with Gasteiger partial charge in [-0.05, 0) is 24.8 Å². The number of benzene rings is 1. The summed E-state index contributed by atoms with van der Waals surface area (Å²) in [7, 11) is 0. The third-order valence-electron chi connectivity index (χ3n) is 6.48. The lowest BCUT2D eigenvalue weighted by atomic mass is 9.97. The van der Waals surface area contributed by atoms with Crippen molar-refractivity contribution >= 4 is 5.52 Å². The van der Waals surface area contributed by atoms with Gasteiger partial charge in [-0.1, -0.05) is 13.0 Å². The van der Waals surface area contributed by atoms with E-state index >= 15 is 0 Å².